The van der Waals surface area contributed by atoms with Crippen molar-refractivity contribution in [2.24, 2.45) is 0 Å². The molecule has 0 saturated heterocycles. The van der Waals surface area contributed by atoms with E-state index in [0.717, 1.165) is 24.8 Å². The number of hydrogen-bond donors (Lipinski definition) is 1. The SMILES string of the molecule is CC(NC1CC=CCC1)c1ccc(F)cc1Cl. The lowest BCUT2D eigenvalue weighted by Gasteiger charge is -2.25. The summed E-state index contributed by atoms with van der Waals surface area (Å²) in [6, 6.07) is 5.24. The van der Waals surface area contributed by atoms with E-state index in [1.54, 1.807) is 6.07 Å². The molecule has 0 radical (unpaired) electrons. The molecule has 17 heavy (non-hydrogen) atoms. The van der Waals surface area contributed by atoms with E-state index in [2.05, 4.69) is 24.4 Å². The molecule has 2 atom stereocenters. The normalized spacial score (nSPS) is 21.5. The minimum atomic E-state index is -0.286. The number of benzene rings is 1. The molecule has 0 aliphatic heterocycles. The van der Waals surface area contributed by atoms with E-state index in [1.165, 1.54) is 12.1 Å². The third kappa shape index (κ3) is 3.30. The van der Waals surface area contributed by atoms with Crippen LogP contribution in [0.4, 0.5) is 4.39 Å². The van der Waals surface area contributed by atoms with E-state index < -0.39 is 0 Å². The van der Waals surface area contributed by atoms with Crippen molar-refractivity contribution in [2.45, 2.75) is 38.3 Å². The molecule has 1 nitrogen and oxygen atoms in total. The molecule has 1 aliphatic rings. The zero-order valence-corrected chi connectivity index (χ0v) is 10.7. The Balaban J connectivity index is 2.03. The zero-order valence-electron chi connectivity index (χ0n) is 9.92. The number of nitrogens with one attached hydrogen (secondary N) is 1. The highest BCUT2D eigenvalue weighted by Crippen LogP contribution is 2.25. The van der Waals surface area contributed by atoms with Crippen LogP contribution in [0.5, 0.6) is 0 Å². The Labute approximate surface area is 107 Å². The second kappa shape index (κ2) is 5.65. The first-order valence-electron chi connectivity index (χ1n) is 6.03. The fraction of sp³-hybridized carbons (Fsp3) is 0.429. The Kier molecular flexibility index (Phi) is 4.19. The van der Waals surface area contributed by atoms with Gasteiger partial charge in [0.05, 0.1) is 0 Å². The predicted molar refractivity (Wildman–Crippen MR) is 69.7 cm³/mol. The Morgan fingerprint density at radius 3 is 2.88 bits per heavy atom. The topological polar surface area (TPSA) is 12.0 Å². The van der Waals surface area contributed by atoms with Gasteiger partial charge in [-0.05, 0) is 43.9 Å². The monoisotopic (exact) mass is 253 g/mol. The fourth-order valence-corrected chi connectivity index (χ4v) is 2.57. The average molecular weight is 254 g/mol. The molecule has 0 amide bonds. The summed E-state index contributed by atoms with van der Waals surface area (Å²) in [6.45, 7) is 2.07. The van der Waals surface area contributed by atoms with Crippen molar-refractivity contribution < 1.29 is 4.39 Å². The van der Waals surface area contributed by atoms with E-state index >= 15 is 0 Å². The van der Waals surface area contributed by atoms with Crippen LogP contribution in [-0.2, 0) is 0 Å². The molecule has 1 aromatic rings. The van der Waals surface area contributed by atoms with Crippen molar-refractivity contribution in [1.82, 2.24) is 5.32 Å². The highest BCUT2D eigenvalue weighted by atomic mass is 35.5. The minimum absolute atomic E-state index is 0.152. The van der Waals surface area contributed by atoms with Crippen molar-refractivity contribution in [3.05, 3.63) is 46.8 Å². The van der Waals surface area contributed by atoms with Crippen molar-refractivity contribution >= 4 is 11.6 Å². The summed E-state index contributed by atoms with van der Waals surface area (Å²) in [6.07, 6.45) is 7.76. The molecule has 2 rings (SSSR count). The molecule has 1 aromatic carbocycles. The van der Waals surface area contributed by atoms with Gasteiger partial charge in [0.1, 0.15) is 5.82 Å². The van der Waals surface area contributed by atoms with Crippen LogP contribution >= 0.6 is 11.6 Å². The highest BCUT2D eigenvalue weighted by Gasteiger charge is 2.15. The van der Waals surface area contributed by atoms with Gasteiger partial charge in [0.25, 0.3) is 0 Å². The van der Waals surface area contributed by atoms with Gasteiger partial charge >= 0.3 is 0 Å². The molecular weight excluding hydrogens is 237 g/mol. The van der Waals surface area contributed by atoms with Crippen LogP contribution in [0.1, 0.15) is 37.8 Å². The summed E-state index contributed by atoms with van der Waals surface area (Å²) < 4.78 is 13.0. The number of rotatable bonds is 3. The van der Waals surface area contributed by atoms with Gasteiger partial charge < -0.3 is 5.32 Å². The van der Waals surface area contributed by atoms with Gasteiger partial charge in [-0.15, -0.1) is 0 Å². The van der Waals surface area contributed by atoms with Gasteiger partial charge in [-0.25, -0.2) is 4.39 Å². The molecule has 1 N–H and O–H groups in total. The average Bonchev–Trinajstić information content (AvgIpc) is 2.30. The molecule has 2 unspecified atom stereocenters. The maximum Gasteiger partial charge on any atom is 0.124 e. The molecule has 0 bridgehead atoms. The first-order valence-corrected chi connectivity index (χ1v) is 6.40. The lowest BCUT2D eigenvalue weighted by molar-refractivity contribution is 0.426. The summed E-state index contributed by atoms with van der Waals surface area (Å²) in [7, 11) is 0. The van der Waals surface area contributed by atoms with E-state index in [4.69, 9.17) is 11.6 Å². The van der Waals surface area contributed by atoms with E-state index in [-0.39, 0.29) is 11.9 Å². The number of halogens is 2. The smallest absolute Gasteiger partial charge is 0.124 e. The molecule has 0 heterocycles. The van der Waals surface area contributed by atoms with Gasteiger partial charge in [0, 0.05) is 17.1 Å². The Morgan fingerprint density at radius 1 is 1.41 bits per heavy atom. The van der Waals surface area contributed by atoms with Crippen molar-refractivity contribution in [2.75, 3.05) is 0 Å². The Hall–Kier alpha value is -0.860. The second-order valence-corrected chi connectivity index (χ2v) is 4.94. The first-order chi connectivity index (χ1) is 8.16. The van der Waals surface area contributed by atoms with Gasteiger partial charge in [0.15, 0.2) is 0 Å². The van der Waals surface area contributed by atoms with Gasteiger partial charge in [-0.2, -0.15) is 0 Å². The van der Waals surface area contributed by atoms with Crippen LogP contribution in [0.3, 0.4) is 0 Å². The third-order valence-corrected chi connectivity index (χ3v) is 3.51. The Morgan fingerprint density at radius 2 is 2.24 bits per heavy atom. The third-order valence-electron chi connectivity index (χ3n) is 3.18. The predicted octanol–water partition coefficient (Wildman–Crippen LogP) is 4.24. The van der Waals surface area contributed by atoms with Crippen molar-refractivity contribution in [1.29, 1.82) is 0 Å². The maximum atomic E-state index is 13.0. The molecule has 0 fully saturated rings. The molecular formula is C14H17ClFN. The van der Waals surface area contributed by atoms with Crippen LogP contribution < -0.4 is 5.32 Å². The lowest BCUT2D eigenvalue weighted by atomic mass is 9.99. The van der Waals surface area contributed by atoms with E-state index in [0.29, 0.717) is 11.1 Å². The molecule has 0 aromatic heterocycles. The van der Waals surface area contributed by atoms with Crippen LogP contribution in [0.25, 0.3) is 0 Å². The summed E-state index contributed by atoms with van der Waals surface area (Å²) in [4.78, 5) is 0. The number of allylic oxidation sites excluding steroid dienone is 1. The van der Waals surface area contributed by atoms with Crippen LogP contribution in [0.2, 0.25) is 5.02 Å². The maximum absolute atomic E-state index is 13.0. The van der Waals surface area contributed by atoms with E-state index in [9.17, 15) is 4.39 Å². The zero-order chi connectivity index (χ0) is 12.3. The Bertz CT molecular complexity index is 417. The minimum Gasteiger partial charge on any atom is -0.307 e. The number of hydrogen-bond acceptors (Lipinski definition) is 1. The summed E-state index contributed by atoms with van der Waals surface area (Å²) >= 11 is 6.05. The van der Waals surface area contributed by atoms with Crippen molar-refractivity contribution in [3.63, 3.8) is 0 Å². The van der Waals surface area contributed by atoms with Gasteiger partial charge in [0.2, 0.25) is 0 Å². The molecule has 0 saturated carbocycles. The van der Waals surface area contributed by atoms with E-state index in [1.807, 2.05) is 0 Å². The molecule has 92 valence electrons. The fourth-order valence-electron chi connectivity index (χ4n) is 2.24. The lowest BCUT2D eigenvalue weighted by Crippen LogP contribution is -2.32. The second-order valence-electron chi connectivity index (χ2n) is 4.54. The summed E-state index contributed by atoms with van der Waals surface area (Å²) in [5.74, 6) is -0.286. The van der Waals surface area contributed by atoms with Crippen LogP contribution in [0.15, 0.2) is 30.4 Å². The molecule has 1 aliphatic carbocycles. The quantitative estimate of drug-likeness (QED) is 0.795. The molecule has 0 spiro atoms. The van der Waals surface area contributed by atoms with Gasteiger partial charge in [-0.1, -0.05) is 29.8 Å². The standard InChI is InChI=1S/C14H17ClFN/c1-10(17-12-5-3-2-4-6-12)13-8-7-11(16)9-14(13)15/h2-3,7-10,12,17H,4-6H2,1H3. The van der Waals surface area contributed by atoms with Crippen LogP contribution in [0, 0.1) is 5.82 Å². The van der Waals surface area contributed by atoms with Crippen LogP contribution in [-0.4, -0.2) is 6.04 Å². The van der Waals surface area contributed by atoms with Gasteiger partial charge in [-0.3, -0.25) is 0 Å². The molecule has 3 heteroatoms. The summed E-state index contributed by atoms with van der Waals surface area (Å²) in [5.41, 5.74) is 0.961. The van der Waals surface area contributed by atoms with Crippen molar-refractivity contribution in [3.8, 4) is 0 Å². The first kappa shape index (κ1) is 12.6. The highest BCUT2D eigenvalue weighted by molar-refractivity contribution is 6.31. The largest absolute Gasteiger partial charge is 0.307 e. The summed E-state index contributed by atoms with van der Waals surface area (Å²) in [5, 5.41) is 4.03.